The van der Waals surface area contributed by atoms with Crippen LogP contribution in [0.4, 0.5) is 0 Å². The van der Waals surface area contributed by atoms with Crippen LogP contribution in [0.1, 0.15) is 20.8 Å². The van der Waals surface area contributed by atoms with Gasteiger partial charge in [0.2, 0.25) is 0 Å². The molecule has 0 atom stereocenters. The molecular formula is C11H14ClNO2. The Hall–Kier alpha value is -1.09. The lowest BCUT2D eigenvalue weighted by molar-refractivity contribution is -0.128. The third-order valence-electron chi connectivity index (χ3n) is 1.89. The molecule has 0 unspecified atom stereocenters. The van der Waals surface area contributed by atoms with Crippen LogP contribution in [0.15, 0.2) is 18.5 Å². The van der Waals surface area contributed by atoms with Gasteiger partial charge in [0, 0.05) is 17.7 Å². The Balaban J connectivity index is 2.55. The van der Waals surface area contributed by atoms with Gasteiger partial charge in [-0.2, -0.15) is 0 Å². The normalized spacial score (nSPS) is 11.2. The van der Waals surface area contributed by atoms with Crippen LogP contribution < -0.4 is 4.74 Å². The quantitative estimate of drug-likeness (QED) is 0.797. The fourth-order valence-corrected chi connectivity index (χ4v) is 1.00. The molecule has 3 nitrogen and oxygen atoms in total. The van der Waals surface area contributed by atoms with Gasteiger partial charge in [-0.05, 0) is 0 Å². The number of pyridine rings is 1. The van der Waals surface area contributed by atoms with E-state index in [4.69, 9.17) is 16.3 Å². The van der Waals surface area contributed by atoms with Crippen LogP contribution in [0.2, 0.25) is 5.02 Å². The van der Waals surface area contributed by atoms with Crippen molar-refractivity contribution in [1.82, 2.24) is 4.98 Å². The molecule has 15 heavy (non-hydrogen) atoms. The minimum atomic E-state index is -0.383. The second-order valence-electron chi connectivity index (χ2n) is 4.30. The Bertz CT molecular complexity index is 358. The average Bonchev–Trinajstić information content (AvgIpc) is 2.12. The third-order valence-corrected chi connectivity index (χ3v) is 2.09. The number of ketones is 1. The third kappa shape index (κ3) is 3.88. The van der Waals surface area contributed by atoms with E-state index in [1.165, 1.54) is 12.4 Å². The highest BCUT2D eigenvalue weighted by Gasteiger charge is 2.21. The number of hydrogen-bond acceptors (Lipinski definition) is 3. The highest BCUT2D eigenvalue weighted by molar-refractivity contribution is 6.30. The predicted octanol–water partition coefficient (Wildman–Crippen LogP) is 2.73. The summed E-state index contributed by atoms with van der Waals surface area (Å²) in [4.78, 5) is 15.4. The number of aromatic nitrogens is 1. The lowest BCUT2D eigenvalue weighted by Gasteiger charge is -2.16. The first-order valence-electron chi connectivity index (χ1n) is 4.66. The SMILES string of the molecule is CC(C)(C)C(=O)COc1cncc(Cl)c1. The van der Waals surface area contributed by atoms with Crippen LogP contribution in [0.25, 0.3) is 0 Å². The molecule has 0 aliphatic carbocycles. The van der Waals surface area contributed by atoms with Crippen LogP contribution in [0.5, 0.6) is 5.75 Å². The number of nitrogens with zero attached hydrogens (tertiary/aromatic N) is 1. The molecule has 0 aliphatic rings. The molecule has 0 fully saturated rings. The zero-order valence-corrected chi connectivity index (χ0v) is 9.84. The van der Waals surface area contributed by atoms with Crippen LogP contribution >= 0.6 is 11.6 Å². The molecular weight excluding hydrogens is 214 g/mol. The Labute approximate surface area is 94.4 Å². The van der Waals surface area contributed by atoms with E-state index >= 15 is 0 Å². The Morgan fingerprint density at radius 2 is 2.13 bits per heavy atom. The minimum absolute atomic E-state index is 0.0440. The molecule has 1 rings (SSSR count). The smallest absolute Gasteiger partial charge is 0.175 e. The first-order valence-corrected chi connectivity index (χ1v) is 5.04. The van der Waals surface area contributed by atoms with E-state index in [-0.39, 0.29) is 17.8 Å². The zero-order valence-electron chi connectivity index (χ0n) is 9.08. The number of hydrogen-bond donors (Lipinski definition) is 0. The van der Waals surface area contributed by atoms with Gasteiger partial charge in [-0.1, -0.05) is 32.4 Å². The summed E-state index contributed by atoms with van der Waals surface area (Å²) >= 11 is 5.72. The number of Topliss-reactive ketones (excluding diaryl/α,β-unsaturated/α-hetero) is 1. The molecule has 0 aliphatic heterocycles. The monoisotopic (exact) mass is 227 g/mol. The Morgan fingerprint density at radius 3 is 2.67 bits per heavy atom. The fraction of sp³-hybridized carbons (Fsp3) is 0.455. The lowest BCUT2D eigenvalue weighted by atomic mass is 9.91. The fourth-order valence-electron chi connectivity index (χ4n) is 0.837. The molecule has 0 amide bonds. The topological polar surface area (TPSA) is 39.2 Å². The molecule has 1 aromatic rings. The van der Waals surface area contributed by atoms with Crippen molar-refractivity contribution < 1.29 is 9.53 Å². The number of rotatable bonds is 3. The van der Waals surface area contributed by atoms with Crippen LogP contribution in [-0.4, -0.2) is 17.4 Å². The van der Waals surface area contributed by atoms with E-state index in [0.29, 0.717) is 10.8 Å². The summed E-state index contributed by atoms with van der Waals surface area (Å²) in [6.07, 6.45) is 3.04. The van der Waals surface area contributed by atoms with E-state index in [1.54, 1.807) is 6.07 Å². The standard InChI is InChI=1S/C11H14ClNO2/c1-11(2,3)10(14)7-15-9-4-8(12)5-13-6-9/h4-6H,7H2,1-3H3. The molecule has 0 aromatic carbocycles. The summed E-state index contributed by atoms with van der Waals surface area (Å²) < 4.78 is 5.28. The van der Waals surface area contributed by atoms with Crippen LogP contribution in [0, 0.1) is 5.41 Å². The predicted molar refractivity (Wildman–Crippen MR) is 59.2 cm³/mol. The van der Waals surface area contributed by atoms with Gasteiger partial charge < -0.3 is 4.74 Å². The molecule has 82 valence electrons. The molecule has 0 bridgehead atoms. The van der Waals surface area contributed by atoms with E-state index in [0.717, 1.165) is 0 Å². The summed E-state index contributed by atoms with van der Waals surface area (Å²) in [5.41, 5.74) is -0.383. The number of halogens is 1. The number of carbonyl (C=O) groups is 1. The van der Waals surface area contributed by atoms with Crippen molar-refractivity contribution in [2.75, 3.05) is 6.61 Å². The van der Waals surface area contributed by atoms with Gasteiger partial charge in [-0.25, -0.2) is 0 Å². The van der Waals surface area contributed by atoms with Crippen LogP contribution in [0.3, 0.4) is 0 Å². The highest BCUT2D eigenvalue weighted by atomic mass is 35.5. The van der Waals surface area contributed by atoms with E-state index in [9.17, 15) is 4.79 Å². The van der Waals surface area contributed by atoms with Crippen molar-refractivity contribution in [2.24, 2.45) is 5.41 Å². The zero-order chi connectivity index (χ0) is 11.5. The molecule has 0 spiro atoms. The van der Waals surface area contributed by atoms with Gasteiger partial charge >= 0.3 is 0 Å². The van der Waals surface area contributed by atoms with Gasteiger partial charge in [-0.3, -0.25) is 9.78 Å². The van der Waals surface area contributed by atoms with E-state index < -0.39 is 0 Å². The van der Waals surface area contributed by atoms with Crippen molar-refractivity contribution in [2.45, 2.75) is 20.8 Å². The molecule has 1 aromatic heterocycles. The maximum atomic E-state index is 11.5. The number of ether oxygens (including phenoxy) is 1. The second kappa shape index (κ2) is 4.62. The number of carbonyl (C=O) groups excluding carboxylic acids is 1. The first kappa shape index (κ1) is 12.0. The summed E-state index contributed by atoms with van der Waals surface area (Å²) in [7, 11) is 0. The molecule has 0 radical (unpaired) electrons. The summed E-state index contributed by atoms with van der Waals surface area (Å²) in [5, 5.41) is 0.496. The molecule has 1 heterocycles. The van der Waals surface area contributed by atoms with E-state index in [1.807, 2.05) is 20.8 Å². The maximum Gasteiger partial charge on any atom is 0.175 e. The highest BCUT2D eigenvalue weighted by Crippen LogP contribution is 2.18. The molecule has 0 saturated heterocycles. The summed E-state index contributed by atoms with van der Waals surface area (Å²) in [6.45, 7) is 5.62. The molecule has 0 saturated carbocycles. The van der Waals surface area contributed by atoms with Gasteiger partial charge in [0.1, 0.15) is 12.4 Å². The van der Waals surface area contributed by atoms with Crippen molar-refractivity contribution in [3.63, 3.8) is 0 Å². The molecule has 4 heteroatoms. The first-order chi connectivity index (χ1) is 6.89. The van der Waals surface area contributed by atoms with Gasteiger partial charge in [-0.15, -0.1) is 0 Å². The minimum Gasteiger partial charge on any atom is -0.484 e. The average molecular weight is 228 g/mol. The van der Waals surface area contributed by atoms with Gasteiger partial charge in [0.05, 0.1) is 11.2 Å². The summed E-state index contributed by atoms with van der Waals surface area (Å²) in [6, 6.07) is 1.63. The summed E-state index contributed by atoms with van der Waals surface area (Å²) in [5.74, 6) is 0.558. The Morgan fingerprint density at radius 1 is 1.47 bits per heavy atom. The van der Waals surface area contributed by atoms with E-state index in [2.05, 4.69) is 4.98 Å². The van der Waals surface area contributed by atoms with Crippen molar-refractivity contribution in [3.05, 3.63) is 23.5 Å². The van der Waals surface area contributed by atoms with Crippen molar-refractivity contribution in [1.29, 1.82) is 0 Å². The second-order valence-corrected chi connectivity index (χ2v) is 4.74. The lowest BCUT2D eigenvalue weighted by Crippen LogP contribution is -2.26. The maximum absolute atomic E-state index is 11.5. The largest absolute Gasteiger partial charge is 0.484 e. The van der Waals surface area contributed by atoms with Gasteiger partial charge in [0.15, 0.2) is 5.78 Å². The molecule has 0 N–H and O–H groups in total. The van der Waals surface area contributed by atoms with Crippen LogP contribution in [-0.2, 0) is 4.79 Å². The van der Waals surface area contributed by atoms with Crippen molar-refractivity contribution >= 4 is 17.4 Å². The Kier molecular flexibility index (Phi) is 3.69. The van der Waals surface area contributed by atoms with Crippen molar-refractivity contribution in [3.8, 4) is 5.75 Å². The van der Waals surface area contributed by atoms with Gasteiger partial charge in [0.25, 0.3) is 0 Å².